The van der Waals surface area contributed by atoms with Gasteiger partial charge in [-0.05, 0) is 44.2 Å². The quantitative estimate of drug-likeness (QED) is 0.747. The Hall–Kier alpha value is -0.570. The van der Waals surface area contributed by atoms with Crippen molar-refractivity contribution in [2.24, 2.45) is 11.8 Å². The fourth-order valence-electron chi connectivity index (χ4n) is 3.04. The van der Waals surface area contributed by atoms with Gasteiger partial charge < -0.3 is 4.90 Å². The zero-order valence-corrected chi connectivity index (χ0v) is 11.3. The largest absolute Gasteiger partial charge is 0.341 e. The number of likely N-dealkylation sites (tertiary alicyclic amines) is 2. The summed E-state index contributed by atoms with van der Waals surface area (Å²) in [5, 5.41) is 0. The van der Waals surface area contributed by atoms with Crippen molar-refractivity contribution in [3.63, 3.8) is 0 Å². The van der Waals surface area contributed by atoms with Gasteiger partial charge in [-0.2, -0.15) is 0 Å². The molecule has 0 aromatic carbocycles. The van der Waals surface area contributed by atoms with Crippen LogP contribution in [0.5, 0.6) is 0 Å². The summed E-state index contributed by atoms with van der Waals surface area (Å²) in [6, 6.07) is 0. The van der Waals surface area contributed by atoms with Gasteiger partial charge in [-0.25, -0.2) is 0 Å². The fourth-order valence-corrected chi connectivity index (χ4v) is 3.04. The van der Waals surface area contributed by atoms with Crippen LogP contribution >= 0.6 is 0 Å². The minimum absolute atomic E-state index is 0.359. The third-order valence-electron chi connectivity index (χ3n) is 4.58. The van der Waals surface area contributed by atoms with E-state index in [2.05, 4.69) is 23.6 Å². The molecule has 2 aliphatic rings. The van der Waals surface area contributed by atoms with Gasteiger partial charge in [0.15, 0.2) is 0 Å². The summed E-state index contributed by atoms with van der Waals surface area (Å²) in [5.41, 5.74) is 0. The molecule has 0 N–H and O–H groups in total. The molecule has 0 bridgehead atoms. The molecule has 2 aliphatic heterocycles. The average molecular weight is 238 g/mol. The fraction of sp³-hybridized carbons (Fsp3) is 0.929. The molecule has 2 fully saturated rings. The van der Waals surface area contributed by atoms with Crippen molar-refractivity contribution in [2.75, 3.05) is 32.7 Å². The number of carbonyl (C=O) groups is 1. The van der Waals surface area contributed by atoms with Crippen molar-refractivity contribution in [3.05, 3.63) is 0 Å². The van der Waals surface area contributed by atoms with Crippen molar-refractivity contribution in [1.82, 2.24) is 9.80 Å². The Bertz CT molecular complexity index is 261. The first-order chi connectivity index (χ1) is 8.20. The SMILES string of the molecule is CC[C@@H](C)C1CCN(C(=O)CN2CCCC2)C1. The zero-order valence-electron chi connectivity index (χ0n) is 11.3. The van der Waals surface area contributed by atoms with Crippen molar-refractivity contribution >= 4 is 5.91 Å². The molecule has 2 atom stereocenters. The van der Waals surface area contributed by atoms with Crippen LogP contribution in [-0.4, -0.2) is 48.4 Å². The van der Waals surface area contributed by atoms with Crippen LogP contribution in [0.1, 0.15) is 39.5 Å². The minimum atomic E-state index is 0.359. The van der Waals surface area contributed by atoms with Crippen LogP contribution < -0.4 is 0 Å². The molecule has 3 heteroatoms. The highest BCUT2D eigenvalue weighted by molar-refractivity contribution is 5.78. The van der Waals surface area contributed by atoms with E-state index in [9.17, 15) is 4.79 Å². The Morgan fingerprint density at radius 1 is 1.29 bits per heavy atom. The number of carbonyl (C=O) groups excluding carboxylic acids is 1. The van der Waals surface area contributed by atoms with E-state index in [1.807, 2.05) is 0 Å². The molecule has 2 rings (SSSR count). The number of rotatable bonds is 4. The molecule has 2 saturated heterocycles. The highest BCUT2D eigenvalue weighted by Crippen LogP contribution is 2.26. The Morgan fingerprint density at radius 2 is 2.00 bits per heavy atom. The van der Waals surface area contributed by atoms with Gasteiger partial charge in [0.2, 0.25) is 5.91 Å². The van der Waals surface area contributed by atoms with Gasteiger partial charge in [0, 0.05) is 13.1 Å². The van der Waals surface area contributed by atoms with Gasteiger partial charge >= 0.3 is 0 Å². The standard InChI is InChI=1S/C14H26N2O/c1-3-12(2)13-6-9-16(10-13)14(17)11-15-7-4-5-8-15/h12-13H,3-11H2,1-2H3/t12-,13?/m1/s1. The van der Waals surface area contributed by atoms with Gasteiger partial charge in [0.25, 0.3) is 0 Å². The highest BCUT2D eigenvalue weighted by atomic mass is 16.2. The van der Waals surface area contributed by atoms with Crippen LogP contribution in [0.3, 0.4) is 0 Å². The highest BCUT2D eigenvalue weighted by Gasteiger charge is 2.29. The Labute approximate surface area is 105 Å². The van der Waals surface area contributed by atoms with E-state index in [-0.39, 0.29) is 0 Å². The van der Waals surface area contributed by atoms with Crippen molar-refractivity contribution in [3.8, 4) is 0 Å². The molecule has 0 aliphatic carbocycles. The number of amides is 1. The van der Waals surface area contributed by atoms with E-state index in [1.54, 1.807) is 0 Å². The van der Waals surface area contributed by atoms with Crippen LogP contribution in [0.25, 0.3) is 0 Å². The predicted octanol–water partition coefficient (Wildman–Crippen LogP) is 1.98. The van der Waals surface area contributed by atoms with Crippen LogP contribution in [0.2, 0.25) is 0 Å². The summed E-state index contributed by atoms with van der Waals surface area (Å²) in [5.74, 6) is 1.86. The van der Waals surface area contributed by atoms with Crippen LogP contribution in [0.15, 0.2) is 0 Å². The summed E-state index contributed by atoms with van der Waals surface area (Å²) in [7, 11) is 0. The summed E-state index contributed by atoms with van der Waals surface area (Å²) >= 11 is 0. The molecular weight excluding hydrogens is 212 g/mol. The number of hydrogen-bond donors (Lipinski definition) is 0. The van der Waals surface area contributed by atoms with Crippen molar-refractivity contribution < 1.29 is 4.79 Å². The second-order valence-corrected chi connectivity index (χ2v) is 5.76. The predicted molar refractivity (Wildman–Crippen MR) is 69.8 cm³/mol. The van der Waals surface area contributed by atoms with Gasteiger partial charge in [-0.1, -0.05) is 20.3 Å². The lowest BCUT2D eigenvalue weighted by Gasteiger charge is -2.22. The summed E-state index contributed by atoms with van der Waals surface area (Å²) in [4.78, 5) is 16.5. The zero-order chi connectivity index (χ0) is 12.3. The van der Waals surface area contributed by atoms with E-state index in [0.717, 1.165) is 38.0 Å². The number of nitrogens with zero attached hydrogens (tertiary/aromatic N) is 2. The van der Waals surface area contributed by atoms with Gasteiger partial charge in [-0.3, -0.25) is 9.69 Å². The van der Waals surface area contributed by atoms with Crippen LogP contribution in [0.4, 0.5) is 0 Å². The maximum atomic E-state index is 12.1. The molecule has 98 valence electrons. The van der Waals surface area contributed by atoms with Gasteiger partial charge in [0.1, 0.15) is 0 Å². The molecule has 0 radical (unpaired) electrons. The van der Waals surface area contributed by atoms with Crippen molar-refractivity contribution in [1.29, 1.82) is 0 Å². The molecular formula is C14H26N2O. The Morgan fingerprint density at radius 3 is 2.65 bits per heavy atom. The third-order valence-corrected chi connectivity index (χ3v) is 4.58. The maximum Gasteiger partial charge on any atom is 0.236 e. The molecule has 0 spiro atoms. The molecule has 3 nitrogen and oxygen atoms in total. The molecule has 2 heterocycles. The number of hydrogen-bond acceptors (Lipinski definition) is 2. The Kier molecular flexibility index (Phi) is 4.43. The van der Waals surface area contributed by atoms with Crippen molar-refractivity contribution in [2.45, 2.75) is 39.5 Å². The van der Waals surface area contributed by atoms with Crippen LogP contribution in [0, 0.1) is 11.8 Å². The molecule has 1 unspecified atom stereocenters. The lowest BCUT2D eigenvalue weighted by molar-refractivity contribution is -0.131. The first-order valence-corrected chi connectivity index (χ1v) is 7.20. The van der Waals surface area contributed by atoms with Gasteiger partial charge in [0.05, 0.1) is 6.54 Å². The lowest BCUT2D eigenvalue weighted by atomic mass is 9.91. The minimum Gasteiger partial charge on any atom is -0.341 e. The first kappa shape index (κ1) is 12.9. The summed E-state index contributed by atoms with van der Waals surface area (Å²) in [6.45, 7) is 9.46. The normalized spacial score (nSPS) is 27.6. The van der Waals surface area contributed by atoms with Crippen LogP contribution in [-0.2, 0) is 4.79 Å². The topological polar surface area (TPSA) is 23.6 Å². The summed E-state index contributed by atoms with van der Waals surface area (Å²) in [6.07, 6.45) is 4.98. The summed E-state index contributed by atoms with van der Waals surface area (Å²) < 4.78 is 0. The first-order valence-electron chi connectivity index (χ1n) is 7.20. The van der Waals surface area contributed by atoms with E-state index in [4.69, 9.17) is 0 Å². The van der Waals surface area contributed by atoms with E-state index in [0.29, 0.717) is 12.5 Å². The second kappa shape index (κ2) is 5.85. The average Bonchev–Trinajstić information content (AvgIpc) is 2.98. The monoisotopic (exact) mass is 238 g/mol. The third kappa shape index (κ3) is 3.21. The van der Waals surface area contributed by atoms with E-state index < -0.39 is 0 Å². The van der Waals surface area contributed by atoms with E-state index in [1.165, 1.54) is 25.7 Å². The Balaban J connectivity index is 1.77. The molecule has 0 aromatic rings. The smallest absolute Gasteiger partial charge is 0.236 e. The maximum absolute atomic E-state index is 12.1. The lowest BCUT2D eigenvalue weighted by Crippen LogP contribution is -2.38. The molecule has 1 amide bonds. The second-order valence-electron chi connectivity index (χ2n) is 5.76. The molecule has 0 saturated carbocycles. The molecule has 0 aromatic heterocycles. The van der Waals surface area contributed by atoms with Gasteiger partial charge in [-0.15, -0.1) is 0 Å². The van der Waals surface area contributed by atoms with E-state index >= 15 is 0 Å². The molecule has 17 heavy (non-hydrogen) atoms.